The van der Waals surface area contributed by atoms with Crippen LogP contribution in [0.5, 0.6) is 0 Å². The number of halogens is 2. The Morgan fingerprint density at radius 2 is 2.00 bits per heavy atom. The normalized spacial score (nSPS) is 10.5. The minimum absolute atomic E-state index is 0.00135. The molecule has 7 heteroatoms. The minimum atomic E-state index is -1.10. The summed E-state index contributed by atoms with van der Waals surface area (Å²) in [4.78, 5) is 22.3. The molecule has 0 unspecified atom stereocenters. The van der Waals surface area contributed by atoms with Gasteiger partial charge >= 0.3 is 5.97 Å². The van der Waals surface area contributed by atoms with Gasteiger partial charge in [-0.3, -0.25) is 4.79 Å². The largest absolute Gasteiger partial charge is 0.481 e. The van der Waals surface area contributed by atoms with Crippen molar-refractivity contribution < 1.29 is 18.7 Å². The van der Waals surface area contributed by atoms with Crippen LogP contribution in [0.1, 0.15) is 11.6 Å². The fourth-order valence-corrected chi connectivity index (χ4v) is 1.54. The second kappa shape index (κ2) is 5.05. The van der Waals surface area contributed by atoms with Gasteiger partial charge in [0, 0.05) is 6.07 Å². The van der Waals surface area contributed by atoms with Crippen molar-refractivity contribution in [3.05, 3.63) is 41.5 Å². The van der Waals surface area contributed by atoms with Gasteiger partial charge < -0.3 is 5.11 Å². The highest BCUT2D eigenvalue weighted by molar-refractivity contribution is 5.69. The summed E-state index contributed by atoms with van der Waals surface area (Å²) in [6.07, 6.45) is -0.390. The van der Waals surface area contributed by atoms with Gasteiger partial charge in [0.2, 0.25) is 0 Å². The maximum absolute atomic E-state index is 13.6. The van der Waals surface area contributed by atoms with Crippen molar-refractivity contribution in [3.63, 3.8) is 0 Å². The molecule has 2 rings (SSSR count). The van der Waals surface area contributed by atoms with Gasteiger partial charge in [0.15, 0.2) is 5.82 Å². The van der Waals surface area contributed by atoms with E-state index in [9.17, 15) is 13.6 Å². The summed E-state index contributed by atoms with van der Waals surface area (Å²) in [5, 5.41) is 8.69. The molecule has 0 aliphatic heterocycles. The zero-order valence-electron chi connectivity index (χ0n) is 9.89. The van der Waals surface area contributed by atoms with Crippen molar-refractivity contribution in [2.24, 2.45) is 0 Å². The van der Waals surface area contributed by atoms with E-state index in [0.717, 1.165) is 6.07 Å². The standard InChI is InChI=1S/C12H9F2N3O2/c1-6-15-10(5-11(18)19)17-12(16-6)8-3-2-7(13)4-9(8)14/h2-4H,5H2,1H3,(H,18,19). The topological polar surface area (TPSA) is 76.0 Å². The van der Waals surface area contributed by atoms with E-state index in [2.05, 4.69) is 15.0 Å². The molecule has 1 aromatic heterocycles. The fourth-order valence-electron chi connectivity index (χ4n) is 1.54. The highest BCUT2D eigenvalue weighted by Crippen LogP contribution is 2.20. The molecular formula is C12H9F2N3O2. The molecule has 0 atom stereocenters. The summed E-state index contributed by atoms with van der Waals surface area (Å²) in [7, 11) is 0. The Balaban J connectivity index is 2.49. The lowest BCUT2D eigenvalue weighted by Crippen LogP contribution is -2.09. The number of benzene rings is 1. The number of nitrogens with zero attached hydrogens (tertiary/aromatic N) is 3. The molecule has 2 aromatic rings. The van der Waals surface area contributed by atoms with Crippen molar-refractivity contribution in [1.82, 2.24) is 15.0 Å². The molecule has 0 aliphatic carbocycles. The molecule has 0 aliphatic rings. The number of aromatic nitrogens is 3. The molecule has 0 radical (unpaired) electrons. The average molecular weight is 265 g/mol. The number of aryl methyl sites for hydroxylation is 1. The third-order valence-corrected chi connectivity index (χ3v) is 2.27. The van der Waals surface area contributed by atoms with Crippen LogP contribution in [0.25, 0.3) is 11.4 Å². The van der Waals surface area contributed by atoms with Crippen LogP contribution in [-0.4, -0.2) is 26.0 Å². The molecule has 1 heterocycles. The van der Waals surface area contributed by atoms with E-state index in [1.54, 1.807) is 0 Å². The van der Waals surface area contributed by atoms with E-state index in [1.807, 2.05) is 0 Å². The van der Waals surface area contributed by atoms with Crippen LogP contribution >= 0.6 is 0 Å². The molecule has 98 valence electrons. The summed E-state index contributed by atoms with van der Waals surface area (Å²) in [6, 6.07) is 2.99. The highest BCUT2D eigenvalue weighted by Gasteiger charge is 2.13. The van der Waals surface area contributed by atoms with Gasteiger partial charge in [-0.1, -0.05) is 0 Å². The molecule has 1 aromatic carbocycles. The molecule has 0 spiro atoms. The second-order valence-corrected chi connectivity index (χ2v) is 3.82. The van der Waals surface area contributed by atoms with Gasteiger partial charge in [0.1, 0.15) is 29.7 Å². The van der Waals surface area contributed by atoms with E-state index in [4.69, 9.17) is 5.11 Å². The van der Waals surface area contributed by atoms with E-state index in [-0.39, 0.29) is 29.5 Å². The minimum Gasteiger partial charge on any atom is -0.481 e. The molecule has 1 N–H and O–H groups in total. The van der Waals surface area contributed by atoms with Crippen molar-refractivity contribution in [1.29, 1.82) is 0 Å². The van der Waals surface area contributed by atoms with Gasteiger partial charge in [-0.05, 0) is 19.1 Å². The van der Waals surface area contributed by atoms with Crippen LogP contribution in [0.15, 0.2) is 18.2 Å². The molecule has 0 fully saturated rings. The molecule has 0 saturated carbocycles. The van der Waals surface area contributed by atoms with Gasteiger partial charge in [0.25, 0.3) is 0 Å². The first kappa shape index (κ1) is 13.0. The van der Waals surface area contributed by atoms with Gasteiger partial charge in [-0.25, -0.2) is 23.7 Å². The number of carbonyl (C=O) groups is 1. The maximum atomic E-state index is 13.6. The Labute approximate surface area is 107 Å². The van der Waals surface area contributed by atoms with E-state index < -0.39 is 17.6 Å². The van der Waals surface area contributed by atoms with Crippen LogP contribution in [-0.2, 0) is 11.2 Å². The molecular weight excluding hydrogens is 256 g/mol. The lowest BCUT2D eigenvalue weighted by molar-refractivity contribution is -0.136. The van der Waals surface area contributed by atoms with Crippen LogP contribution in [0.4, 0.5) is 8.78 Å². The first-order valence-corrected chi connectivity index (χ1v) is 5.34. The summed E-state index contributed by atoms with van der Waals surface area (Å²) < 4.78 is 26.4. The van der Waals surface area contributed by atoms with Crippen molar-refractivity contribution in [2.75, 3.05) is 0 Å². The monoisotopic (exact) mass is 265 g/mol. The number of aliphatic carboxylic acids is 1. The summed E-state index contributed by atoms with van der Waals surface area (Å²) in [5.41, 5.74) is -0.00135. The fraction of sp³-hybridized carbons (Fsp3) is 0.167. The molecule has 0 amide bonds. The Kier molecular flexibility index (Phi) is 3.46. The van der Waals surface area contributed by atoms with Crippen LogP contribution in [0.3, 0.4) is 0 Å². The van der Waals surface area contributed by atoms with Gasteiger partial charge in [0.05, 0.1) is 5.56 Å². The first-order valence-electron chi connectivity index (χ1n) is 5.34. The Morgan fingerprint density at radius 3 is 2.63 bits per heavy atom. The van der Waals surface area contributed by atoms with Crippen molar-refractivity contribution in [3.8, 4) is 11.4 Å². The van der Waals surface area contributed by atoms with E-state index in [0.29, 0.717) is 6.07 Å². The second-order valence-electron chi connectivity index (χ2n) is 3.82. The summed E-state index contributed by atoms with van der Waals surface area (Å²) in [6.45, 7) is 1.54. The molecule has 19 heavy (non-hydrogen) atoms. The SMILES string of the molecule is Cc1nc(CC(=O)O)nc(-c2ccc(F)cc2F)n1. The summed E-state index contributed by atoms with van der Waals surface area (Å²) >= 11 is 0. The van der Waals surface area contributed by atoms with E-state index in [1.165, 1.54) is 13.0 Å². The Hall–Kier alpha value is -2.44. The predicted octanol–water partition coefficient (Wildman–Crippen LogP) is 1.75. The number of hydrogen-bond donors (Lipinski definition) is 1. The van der Waals surface area contributed by atoms with Crippen molar-refractivity contribution in [2.45, 2.75) is 13.3 Å². The third-order valence-electron chi connectivity index (χ3n) is 2.27. The predicted molar refractivity (Wildman–Crippen MR) is 61.3 cm³/mol. The number of carboxylic acids is 1. The average Bonchev–Trinajstić information content (AvgIpc) is 2.26. The summed E-state index contributed by atoms with van der Waals surface area (Å²) in [5.74, 6) is -2.34. The molecule has 5 nitrogen and oxygen atoms in total. The number of hydrogen-bond acceptors (Lipinski definition) is 4. The first-order chi connectivity index (χ1) is 8.95. The Bertz CT molecular complexity index is 647. The zero-order valence-corrected chi connectivity index (χ0v) is 9.89. The van der Waals surface area contributed by atoms with E-state index >= 15 is 0 Å². The smallest absolute Gasteiger partial charge is 0.311 e. The van der Waals surface area contributed by atoms with Crippen LogP contribution in [0, 0.1) is 18.6 Å². The van der Waals surface area contributed by atoms with Crippen LogP contribution < -0.4 is 0 Å². The Morgan fingerprint density at radius 1 is 1.26 bits per heavy atom. The van der Waals surface area contributed by atoms with Gasteiger partial charge in [-0.15, -0.1) is 0 Å². The molecule has 0 bridgehead atoms. The lowest BCUT2D eigenvalue weighted by Gasteiger charge is -2.05. The molecule has 0 saturated heterocycles. The number of carboxylic acid groups (broad SMARTS) is 1. The quantitative estimate of drug-likeness (QED) is 0.915. The highest BCUT2D eigenvalue weighted by atomic mass is 19.1. The third kappa shape index (κ3) is 3.06. The van der Waals surface area contributed by atoms with Crippen LogP contribution in [0.2, 0.25) is 0 Å². The maximum Gasteiger partial charge on any atom is 0.311 e. The number of rotatable bonds is 3. The van der Waals surface area contributed by atoms with Gasteiger partial charge in [-0.2, -0.15) is 0 Å². The van der Waals surface area contributed by atoms with Crippen molar-refractivity contribution >= 4 is 5.97 Å². The lowest BCUT2D eigenvalue weighted by atomic mass is 10.2. The zero-order chi connectivity index (χ0) is 14.0.